The highest BCUT2D eigenvalue weighted by atomic mass is 35.5. The molecule has 1 aromatic carbocycles. The van der Waals surface area contributed by atoms with Crippen molar-refractivity contribution in [2.75, 3.05) is 25.1 Å². The van der Waals surface area contributed by atoms with E-state index in [1.54, 1.807) is 0 Å². The van der Waals surface area contributed by atoms with Gasteiger partial charge in [-0.1, -0.05) is 41.9 Å². The zero-order chi connectivity index (χ0) is 17.7. The van der Waals surface area contributed by atoms with E-state index < -0.39 is 0 Å². The third-order valence-corrected chi connectivity index (χ3v) is 5.33. The Bertz CT molecular complexity index is 733. The summed E-state index contributed by atoms with van der Waals surface area (Å²) in [6.07, 6.45) is 1.95. The SMILES string of the molecule is Cc1nc(NC(=S)NCC2(c3ccccc3)CCOCC2)ccc1Cl. The van der Waals surface area contributed by atoms with Gasteiger partial charge in [-0.25, -0.2) is 4.98 Å². The molecule has 25 heavy (non-hydrogen) atoms. The van der Waals surface area contributed by atoms with Crippen LogP contribution in [-0.2, 0) is 10.2 Å². The number of hydrogen-bond acceptors (Lipinski definition) is 3. The summed E-state index contributed by atoms with van der Waals surface area (Å²) in [6, 6.07) is 14.2. The van der Waals surface area contributed by atoms with Gasteiger partial charge in [-0.15, -0.1) is 0 Å². The fourth-order valence-corrected chi connectivity index (χ4v) is 3.43. The maximum atomic E-state index is 6.02. The molecule has 2 heterocycles. The third-order valence-electron chi connectivity index (χ3n) is 4.69. The van der Waals surface area contributed by atoms with Gasteiger partial charge in [-0.2, -0.15) is 0 Å². The van der Waals surface area contributed by atoms with Crippen molar-refractivity contribution >= 4 is 34.7 Å². The van der Waals surface area contributed by atoms with Gasteiger partial charge >= 0.3 is 0 Å². The largest absolute Gasteiger partial charge is 0.381 e. The van der Waals surface area contributed by atoms with E-state index in [4.69, 9.17) is 28.6 Å². The minimum absolute atomic E-state index is 0.0363. The van der Waals surface area contributed by atoms with Crippen LogP contribution in [0.25, 0.3) is 0 Å². The molecule has 1 aromatic heterocycles. The van der Waals surface area contributed by atoms with Crippen molar-refractivity contribution in [1.82, 2.24) is 10.3 Å². The van der Waals surface area contributed by atoms with E-state index in [2.05, 4.69) is 39.9 Å². The van der Waals surface area contributed by atoms with Crippen LogP contribution in [0.2, 0.25) is 5.02 Å². The quantitative estimate of drug-likeness (QED) is 0.788. The van der Waals surface area contributed by atoms with Crippen LogP contribution in [0.15, 0.2) is 42.5 Å². The van der Waals surface area contributed by atoms with Crippen molar-refractivity contribution in [2.24, 2.45) is 0 Å². The van der Waals surface area contributed by atoms with Gasteiger partial charge in [0.15, 0.2) is 5.11 Å². The number of halogens is 1. The molecule has 0 radical (unpaired) electrons. The highest BCUT2D eigenvalue weighted by Gasteiger charge is 2.34. The van der Waals surface area contributed by atoms with Gasteiger partial charge in [0.2, 0.25) is 0 Å². The van der Waals surface area contributed by atoms with Crippen LogP contribution in [0, 0.1) is 6.92 Å². The highest BCUT2D eigenvalue weighted by Crippen LogP contribution is 2.34. The van der Waals surface area contributed by atoms with Gasteiger partial charge in [0, 0.05) is 25.2 Å². The number of nitrogens with one attached hydrogen (secondary N) is 2. The van der Waals surface area contributed by atoms with Gasteiger partial charge in [0.1, 0.15) is 5.82 Å². The molecule has 1 saturated heterocycles. The second-order valence-corrected chi connectivity index (χ2v) is 7.15. The maximum absolute atomic E-state index is 6.02. The summed E-state index contributed by atoms with van der Waals surface area (Å²) < 4.78 is 5.57. The monoisotopic (exact) mass is 375 g/mol. The van der Waals surface area contributed by atoms with Gasteiger partial charge in [0.25, 0.3) is 0 Å². The van der Waals surface area contributed by atoms with Crippen molar-refractivity contribution < 1.29 is 4.74 Å². The Kier molecular flexibility index (Phi) is 5.89. The van der Waals surface area contributed by atoms with Crippen LogP contribution in [0.3, 0.4) is 0 Å². The lowest BCUT2D eigenvalue weighted by molar-refractivity contribution is 0.0515. The summed E-state index contributed by atoms with van der Waals surface area (Å²) in [4.78, 5) is 4.39. The lowest BCUT2D eigenvalue weighted by atomic mass is 9.74. The standard InChI is InChI=1S/C19H22ClN3OS/c1-14-16(20)7-8-17(22-14)23-18(25)21-13-19(9-11-24-12-10-19)15-5-3-2-4-6-15/h2-8H,9-13H2,1H3,(H2,21,22,23,25). The lowest BCUT2D eigenvalue weighted by Gasteiger charge is -2.38. The maximum Gasteiger partial charge on any atom is 0.171 e. The molecule has 0 spiro atoms. The van der Waals surface area contributed by atoms with Crippen LogP contribution in [0.4, 0.5) is 5.82 Å². The Hall–Kier alpha value is -1.69. The molecule has 3 rings (SSSR count). The number of anilines is 1. The second-order valence-electron chi connectivity index (χ2n) is 6.33. The number of ether oxygens (including phenoxy) is 1. The van der Waals surface area contributed by atoms with Crippen LogP contribution in [0.1, 0.15) is 24.1 Å². The number of aryl methyl sites for hydroxylation is 1. The fourth-order valence-electron chi connectivity index (χ4n) is 3.15. The fraction of sp³-hybridized carbons (Fsp3) is 0.368. The molecular weight excluding hydrogens is 354 g/mol. The molecule has 0 bridgehead atoms. The number of aromatic nitrogens is 1. The van der Waals surface area contributed by atoms with E-state index in [0.29, 0.717) is 16.0 Å². The minimum atomic E-state index is 0.0363. The molecule has 4 nitrogen and oxygen atoms in total. The van der Waals surface area contributed by atoms with Gasteiger partial charge in [-0.05, 0) is 49.7 Å². The summed E-state index contributed by atoms with van der Waals surface area (Å²) >= 11 is 11.5. The summed E-state index contributed by atoms with van der Waals surface area (Å²) in [5.74, 6) is 0.695. The smallest absolute Gasteiger partial charge is 0.171 e. The molecule has 0 atom stereocenters. The van der Waals surface area contributed by atoms with Crippen LogP contribution in [0.5, 0.6) is 0 Å². The molecule has 1 aliphatic rings. The first-order valence-corrected chi connectivity index (χ1v) is 9.19. The molecule has 0 aliphatic carbocycles. The first-order valence-electron chi connectivity index (χ1n) is 8.40. The zero-order valence-electron chi connectivity index (χ0n) is 14.2. The number of nitrogens with zero attached hydrogens (tertiary/aromatic N) is 1. The average Bonchev–Trinajstić information content (AvgIpc) is 2.65. The van der Waals surface area contributed by atoms with Crippen molar-refractivity contribution in [1.29, 1.82) is 0 Å². The molecule has 132 valence electrons. The highest BCUT2D eigenvalue weighted by molar-refractivity contribution is 7.80. The lowest BCUT2D eigenvalue weighted by Crippen LogP contribution is -2.45. The summed E-state index contributed by atoms with van der Waals surface area (Å²) in [5, 5.41) is 7.72. The Morgan fingerprint density at radius 3 is 2.60 bits per heavy atom. The van der Waals surface area contributed by atoms with E-state index in [-0.39, 0.29) is 5.41 Å². The number of pyridine rings is 1. The van der Waals surface area contributed by atoms with Crippen molar-refractivity contribution in [2.45, 2.75) is 25.2 Å². The van der Waals surface area contributed by atoms with Gasteiger partial charge < -0.3 is 15.4 Å². The molecule has 0 amide bonds. The van der Waals surface area contributed by atoms with E-state index in [9.17, 15) is 0 Å². The van der Waals surface area contributed by atoms with E-state index in [1.165, 1.54) is 5.56 Å². The van der Waals surface area contributed by atoms with E-state index in [1.807, 2.05) is 25.1 Å². The Balaban J connectivity index is 1.66. The summed E-state index contributed by atoms with van der Waals surface area (Å²) in [5.41, 5.74) is 2.14. The number of hydrogen-bond donors (Lipinski definition) is 2. The predicted molar refractivity (Wildman–Crippen MR) is 106 cm³/mol. The summed E-state index contributed by atoms with van der Waals surface area (Å²) in [7, 11) is 0. The Morgan fingerprint density at radius 2 is 1.92 bits per heavy atom. The van der Waals surface area contributed by atoms with Gasteiger partial charge in [0.05, 0.1) is 10.7 Å². The number of rotatable bonds is 4. The molecule has 1 fully saturated rings. The molecule has 0 unspecified atom stereocenters. The second kappa shape index (κ2) is 8.13. The normalized spacial score (nSPS) is 16.2. The van der Waals surface area contributed by atoms with Crippen molar-refractivity contribution in [3.63, 3.8) is 0 Å². The number of benzene rings is 1. The predicted octanol–water partition coefficient (Wildman–Crippen LogP) is 4.08. The Labute approximate surface area is 158 Å². The van der Waals surface area contributed by atoms with E-state index in [0.717, 1.165) is 38.3 Å². The van der Waals surface area contributed by atoms with Crippen molar-refractivity contribution in [3.05, 3.63) is 58.7 Å². The van der Waals surface area contributed by atoms with E-state index >= 15 is 0 Å². The molecule has 6 heteroatoms. The third kappa shape index (κ3) is 4.48. The average molecular weight is 376 g/mol. The summed E-state index contributed by atoms with van der Waals surface area (Å²) in [6.45, 7) is 4.18. The zero-order valence-corrected chi connectivity index (χ0v) is 15.8. The van der Waals surface area contributed by atoms with Gasteiger partial charge in [-0.3, -0.25) is 0 Å². The Morgan fingerprint density at radius 1 is 1.20 bits per heavy atom. The molecular formula is C19H22ClN3OS. The molecule has 1 aliphatic heterocycles. The van der Waals surface area contributed by atoms with Crippen LogP contribution < -0.4 is 10.6 Å². The molecule has 2 aromatic rings. The molecule has 2 N–H and O–H groups in total. The van der Waals surface area contributed by atoms with Crippen LogP contribution in [-0.4, -0.2) is 29.9 Å². The first kappa shape index (κ1) is 18.1. The first-order chi connectivity index (χ1) is 12.1. The van der Waals surface area contributed by atoms with Crippen molar-refractivity contribution in [3.8, 4) is 0 Å². The van der Waals surface area contributed by atoms with Crippen LogP contribution >= 0.6 is 23.8 Å². The topological polar surface area (TPSA) is 46.2 Å². The minimum Gasteiger partial charge on any atom is -0.381 e. The number of thiocarbonyl (C=S) groups is 1. The molecule has 0 saturated carbocycles.